The predicted molar refractivity (Wildman–Crippen MR) is 112 cm³/mol. The summed E-state index contributed by atoms with van der Waals surface area (Å²) < 4.78 is 29.3. The lowest BCUT2D eigenvalue weighted by Gasteiger charge is -2.14. The fourth-order valence-electron chi connectivity index (χ4n) is 3.54. The van der Waals surface area contributed by atoms with Crippen molar-refractivity contribution in [3.05, 3.63) is 41.3 Å². The summed E-state index contributed by atoms with van der Waals surface area (Å²) in [5.74, 6) is 0.145. The van der Waals surface area contributed by atoms with Crippen molar-refractivity contribution in [3.63, 3.8) is 0 Å². The second-order valence-electron chi connectivity index (χ2n) is 6.95. The van der Waals surface area contributed by atoms with Crippen molar-refractivity contribution in [2.24, 2.45) is 0 Å². The molecule has 4 atom stereocenters. The lowest BCUT2D eigenvalue weighted by atomic mass is 10.1. The van der Waals surface area contributed by atoms with Gasteiger partial charge >= 0.3 is 6.01 Å². The summed E-state index contributed by atoms with van der Waals surface area (Å²) in [6, 6.07) is 5.75. The molecule has 0 bridgehead atoms. The zero-order valence-corrected chi connectivity index (χ0v) is 16.6. The number of aliphatic hydroxyl groups is 1. The molecule has 4 aromatic rings. The standard InChI is InChI=1S/C20H21ClN6O3/c21-12-1-3-14-11(8-23-15(14)7-12)5-6-29-20-25-18(22)17-19(26-20)27(10-24-17)16-4-2-13(9-28)30-16/h1,3,7-8,10,13,16,23,28H,2,4-6,9H2,(H2,22,25,26)/t13-,16-/m1/s1/i2D,4D/t2-,4-,13-,16-. The van der Waals surface area contributed by atoms with Gasteiger partial charge in [0.2, 0.25) is 0 Å². The van der Waals surface area contributed by atoms with E-state index in [1.807, 2.05) is 24.4 Å². The van der Waals surface area contributed by atoms with Crippen LogP contribution in [0.25, 0.3) is 22.1 Å². The molecule has 10 heteroatoms. The van der Waals surface area contributed by atoms with Gasteiger partial charge in [0.1, 0.15) is 6.23 Å². The van der Waals surface area contributed by atoms with Crippen LogP contribution in [0.2, 0.25) is 5.02 Å². The molecule has 0 amide bonds. The van der Waals surface area contributed by atoms with Gasteiger partial charge in [0.25, 0.3) is 0 Å². The third-order valence-corrected chi connectivity index (χ3v) is 5.25. The Morgan fingerprint density at radius 1 is 1.40 bits per heavy atom. The molecule has 4 N–H and O–H groups in total. The quantitative estimate of drug-likeness (QED) is 0.429. The minimum Gasteiger partial charge on any atom is -0.463 e. The molecule has 4 heterocycles. The highest BCUT2D eigenvalue weighted by molar-refractivity contribution is 6.31. The molecule has 1 fully saturated rings. The molecule has 156 valence electrons. The number of nitrogens with one attached hydrogen (secondary N) is 1. The summed E-state index contributed by atoms with van der Waals surface area (Å²) in [7, 11) is 0. The van der Waals surface area contributed by atoms with E-state index < -0.39 is 25.1 Å². The van der Waals surface area contributed by atoms with Crippen LogP contribution in [0.1, 0.15) is 27.3 Å². The van der Waals surface area contributed by atoms with Crippen LogP contribution < -0.4 is 10.5 Å². The van der Waals surface area contributed by atoms with Crippen LogP contribution in [0.3, 0.4) is 0 Å². The molecule has 1 aliphatic rings. The first kappa shape index (κ1) is 16.9. The third kappa shape index (κ3) is 3.45. The fraction of sp³-hybridized carbons (Fsp3) is 0.350. The normalized spacial score (nSPS) is 25.0. The molecule has 3 aromatic heterocycles. The van der Waals surface area contributed by atoms with Gasteiger partial charge in [0, 0.05) is 31.3 Å². The third-order valence-electron chi connectivity index (χ3n) is 5.02. The molecule has 0 saturated carbocycles. The average molecular weight is 431 g/mol. The van der Waals surface area contributed by atoms with E-state index in [-0.39, 0.29) is 18.4 Å². The number of aliphatic hydroxyl groups excluding tert-OH is 1. The number of fused-ring (bicyclic) bond motifs is 2. The number of rotatable bonds is 6. The molecule has 0 radical (unpaired) electrons. The molecule has 1 saturated heterocycles. The van der Waals surface area contributed by atoms with E-state index in [0.29, 0.717) is 29.2 Å². The molecule has 0 unspecified atom stereocenters. The summed E-state index contributed by atoms with van der Waals surface area (Å²) in [6.07, 6.45) is 0.611. The number of hydrogen-bond acceptors (Lipinski definition) is 7. The van der Waals surface area contributed by atoms with Gasteiger partial charge in [0.05, 0.1) is 25.6 Å². The van der Waals surface area contributed by atoms with Gasteiger partial charge in [-0.15, -0.1) is 0 Å². The predicted octanol–water partition coefficient (Wildman–Crippen LogP) is 2.83. The minimum atomic E-state index is -0.916. The van der Waals surface area contributed by atoms with Crippen LogP contribution in [-0.4, -0.2) is 48.9 Å². The van der Waals surface area contributed by atoms with Crippen molar-refractivity contribution in [1.29, 1.82) is 0 Å². The van der Waals surface area contributed by atoms with Crippen LogP contribution in [0.15, 0.2) is 30.7 Å². The first-order valence-corrected chi connectivity index (χ1v) is 9.83. The SMILES string of the molecule is [2H][C@@H]1[C@@H]([2H])[C@H](n2cnc3c(N)nc(OCCc4c[nH]c5cc(Cl)ccc45)nc32)O[C@H]1CO. The Morgan fingerprint density at radius 3 is 3.13 bits per heavy atom. The van der Waals surface area contributed by atoms with E-state index in [0.717, 1.165) is 16.5 Å². The molecule has 5 rings (SSSR count). The van der Waals surface area contributed by atoms with Crippen LogP contribution in [0.4, 0.5) is 5.82 Å². The highest BCUT2D eigenvalue weighted by atomic mass is 35.5. The van der Waals surface area contributed by atoms with Gasteiger partial charge in [0.15, 0.2) is 17.0 Å². The zero-order chi connectivity index (χ0) is 22.4. The number of ether oxygens (including phenoxy) is 2. The van der Waals surface area contributed by atoms with Crippen LogP contribution in [0.5, 0.6) is 6.01 Å². The van der Waals surface area contributed by atoms with Crippen LogP contribution >= 0.6 is 11.6 Å². The fourth-order valence-corrected chi connectivity index (χ4v) is 3.71. The first-order chi connectivity index (χ1) is 15.5. The summed E-state index contributed by atoms with van der Waals surface area (Å²) in [5.41, 5.74) is 8.78. The molecule has 9 nitrogen and oxygen atoms in total. The van der Waals surface area contributed by atoms with Gasteiger partial charge in [-0.2, -0.15) is 9.97 Å². The van der Waals surface area contributed by atoms with Crippen molar-refractivity contribution in [2.75, 3.05) is 18.9 Å². The number of anilines is 1. The zero-order valence-electron chi connectivity index (χ0n) is 17.8. The maximum absolute atomic E-state index is 9.40. The molecule has 1 aromatic carbocycles. The van der Waals surface area contributed by atoms with Gasteiger partial charge in [-0.1, -0.05) is 17.7 Å². The molecule has 0 aliphatic carbocycles. The summed E-state index contributed by atoms with van der Waals surface area (Å²) in [4.78, 5) is 16.0. The molecule has 30 heavy (non-hydrogen) atoms. The van der Waals surface area contributed by atoms with Gasteiger partial charge in [-0.3, -0.25) is 4.57 Å². The number of aromatic amines is 1. The van der Waals surface area contributed by atoms with Crippen LogP contribution in [-0.2, 0) is 11.2 Å². The minimum absolute atomic E-state index is 0.0836. The number of nitrogens with two attached hydrogens (primary N) is 1. The topological polar surface area (TPSA) is 124 Å². The number of nitrogens with zero attached hydrogens (tertiary/aromatic N) is 4. The maximum atomic E-state index is 9.40. The van der Waals surface area contributed by atoms with Gasteiger partial charge in [-0.05, 0) is 30.5 Å². The lowest BCUT2D eigenvalue weighted by Crippen LogP contribution is -2.14. The summed E-state index contributed by atoms with van der Waals surface area (Å²) >= 11 is 6.03. The van der Waals surface area contributed by atoms with Gasteiger partial charge < -0.3 is 25.3 Å². The Labute approximate surface area is 179 Å². The number of halogens is 1. The summed E-state index contributed by atoms with van der Waals surface area (Å²) in [5, 5.41) is 11.1. The van der Waals surface area contributed by atoms with E-state index in [4.69, 9.17) is 29.5 Å². The number of H-pyrrole nitrogens is 1. The van der Waals surface area contributed by atoms with E-state index in [9.17, 15) is 5.11 Å². The number of imidazole rings is 1. The Bertz CT molecular complexity index is 1280. The first-order valence-electron chi connectivity index (χ1n) is 10.6. The van der Waals surface area contributed by atoms with Crippen molar-refractivity contribution in [1.82, 2.24) is 24.5 Å². The highest BCUT2D eigenvalue weighted by Crippen LogP contribution is 2.31. The van der Waals surface area contributed by atoms with Crippen molar-refractivity contribution < 1.29 is 17.3 Å². The Hall–Kier alpha value is -2.88. The van der Waals surface area contributed by atoms with Crippen molar-refractivity contribution >= 4 is 39.5 Å². The van der Waals surface area contributed by atoms with Crippen molar-refractivity contribution in [2.45, 2.75) is 31.5 Å². The van der Waals surface area contributed by atoms with E-state index >= 15 is 0 Å². The second-order valence-corrected chi connectivity index (χ2v) is 7.39. The van der Waals surface area contributed by atoms with E-state index in [1.54, 1.807) is 4.57 Å². The Balaban J connectivity index is 1.36. The monoisotopic (exact) mass is 430 g/mol. The molecular weight excluding hydrogens is 408 g/mol. The Morgan fingerprint density at radius 2 is 2.30 bits per heavy atom. The van der Waals surface area contributed by atoms with E-state index in [1.165, 1.54) is 6.33 Å². The number of aromatic nitrogens is 5. The second kappa shape index (κ2) is 7.75. The maximum Gasteiger partial charge on any atom is 0.320 e. The number of benzene rings is 1. The molecular formula is C20H21ClN6O3. The lowest BCUT2D eigenvalue weighted by molar-refractivity contribution is -0.0207. The largest absolute Gasteiger partial charge is 0.463 e. The molecule has 1 aliphatic heterocycles. The molecule has 0 spiro atoms. The van der Waals surface area contributed by atoms with Crippen LogP contribution in [0, 0.1) is 0 Å². The van der Waals surface area contributed by atoms with Crippen molar-refractivity contribution in [3.8, 4) is 6.01 Å². The smallest absolute Gasteiger partial charge is 0.320 e. The van der Waals surface area contributed by atoms with E-state index in [2.05, 4.69) is 19.9 Å². The van der Waals surface area contributed by atoms with Gasteiger partial charge in [-0.25, -0.2) is 4.98 Å². The highest BCUT2D eigenvalue weighted by Gasteiger charge is 2.28. The number of hydrogen-bond donors (Lipinski definition) is 3. The average Bonchev–Trinajstić information content (AvgIpc) is 3.45. The number of nitrogen functional groups attached to an aromatic ring is 1. The summed E-state index contributed by atoms with van der Waals surface area (Å²) in [6.45, 7) is -0.0186. The Kier molecular flexibility index (Phi) is 4.36.